The van der Waals surface area contributed by atoms with E-state index in [2.05, 4.69) is 25.8 Å². The number of urea groups is 1. The maximum Gasteiger partial charge on any atom is 0.315 e. The second kappa shape index (κ2) is 8.61. The molecule has 0 spiro atoms. The normalized spacial score (nSPS) is 12.3. The molecule has 0 radical (unpaired) electrons. The van der Waals surface area contributed by atoms with Crippen LogP contribution in [-0.2, 0) is 6.42 Å². The van der Waals surface area contributed by atoms with Crippen LogP contribution >= 0.6 is 11.3 Å². The number of thiazole rings is 1. The predicted octanol–water partition coefficient (Wildman–Crippen LogP) is 3.03. The maximum atomic E-state index is 11.9. The summed E-state index contributed by atoms with van der Waals surface area (Å²) in [5.41, 5.74) is 0. The highest BCUT2D eigenvalue weighted by Gasteiger charge is 2.14. The van der Waals surface area contributed by atoms with Crippen LogP contribution in [0.5, 0.6) is 0 Å². The van der Waals surface area contributed by atoms with E-state index in [1.807, 2.05) is 26.2 Å². The van der Waals surface area contributed by atoms with Crippen LogP contribution in [0.4, 0.5) is 4.79 Å². The fourth-order valence-electron chi connectivity index (χ4n) is 2.00. The smallest absolute Gasteiger partial charge is 0.315 e. The number of carbonyl (C=O) groups excluding carboxylic acids is 1. The Kier molecular flexibility index (Phi) is 6.52. The summed E-state index contributed by atoms with van der Waals surface area (Å²) in [5.74, 6) is 1.60. The summed E-state index contributed by atoms with van der Waals surface area (Å²) in [6.45, 7) is 6.62. The number of hydrogen-bond donors (Lipinski definition) is 2. The first kappa shape index (κ1) is 17.4. The number of nitrogens with one attached hydrogen (secondary N) is 2. The number of amides is 2. The second-order valence-electron chi connectivity index (χ2n) is 5.54. The van der Waals surface area contributed by atoms with Crippen molar-refractivity contribution in [2.45, 2.75) is 52.0 Å². The molecular formula is C15H23N5O2S. The van der Waals surface area contributed by atoms with E-state index in [1.165, 1.54) is 0 Å². The van der Waals surface area contributed by atoms with E-state index in [9.17, 15) is 4.79 Å². The molecule has 2 N–H and O–H groups in total. The fraction of sp³-hybridized carbons (Fsp3) is 0.600. The van der Waals surface area contributed by atoms with Crippen LogP contribution in [-0.4, -0.2) is 27.7 Å². The standard InChI is InChI=1S/C15H23N5O2S/c1-4-11(14-16-8-9-23-14)18-15(21)17-7-5-6-12-19-13(10(2)3)20-22-12/h8-11H,4-7H2,1-3H3,(H2,17,18,21)/t11-/m1/s1. The monoisotopic (exact) mass is 337 g/mol. The molecule has 0 fully saturated rings. The summed E-state index contributed by atoms with van der Waals surface area (Å²) < 4.78 is 5.17. The van der Waals surface area contributed by atoms with Crippen LogP contribution in [0.2, 0.25) is 0 Å². The Morgan fingerprint density at radius 1 is 1.43 bits per heavy atom. The van der Waals surface area contributed by atoms with Crippen LogP contribution in [0, 0.1) is 0 Å². The Hall–Kier alpha value is -1.96. The van der Waals surface area contributed by atoms with Gasteiger partial charge in [-0.15, -0.1) is 11.3 Å². The highest BCUT2D eigenvalue weighted by molar-refractivity contribution is 7.09. The van der Waals surface area contributed by atoms with E-state index in [0.717, 1.165) is 23.7 Å². The van der Waals surface area contributed by atoms with Crippen LogP contribution in [0.15, 0.2) is 16.1 Å². The van der Waals surface area contributed by atoms with E-state index >= 15 is 0 Å². The molecule has 2 aromatic rings. The number of aryl methyl sites for hydroxylation is 1. The number of hydrogen-bond acceptors (Lipinski definition) is 6. The Balaban J connectivity index is 1.68. The van der Waals surface area contributed by atoms with Gasteiger partial charge >= 0.3 is 6.03 Å². The van der Waals surface area contributed by atoms with Crippen LogP contribution in [0.3, 0.4) is 0 Å². The molecule has 0 saturated heterocycles. The van der Waals surface area contributed by atoms with Crippen molar-refractivity contribution < 1.29 is 9.32 Å². The third-order valence-electron chi connectivity index (χ3n) is 3.32. The first-order valence-electron chi connectivity index (χ1n) is 7.86. The minimum absolute atomic E-state index is 0.0421. The van der Waals surface area contributed by atoms with Crippen molar-refractivity contribution >= 4 is 17.4 Å². The third-order valence-corrected chi connectivity index (χ3v) is 4.21. The van der Waals surface area contributed by atoms with Crippen molar-refractivity contribution in [1.29, 1.82) is 0 Å². The van der Waals surface area contributed by atoms with Gasteiger partial charge in [0, 0.05) is 30.5 Å². The van der Waals surface area contributed by atoms with Gasteiger partial charge in [-0.3, -0.25) is 0 Å². The fourth-order valence-corrected chi connectivity index (χ4v) is 2.77. The lowest BCUT2D eigenvalue weighted by atomic mass is 10.2. The molecule has 2 aromatic heterocycles. The molecule has 1 atom stereocenters. The molecule has 7 nitrogen and oxygen atoms in total. The lowest BCUT2D eigenvalue weighted by molar-refractivity contribution is 0.236. The zero-order chi connectivity index (χ0) is 16.7. The summed E-state index contributed by atoms with van der Waals surface area (Å²) >= 11 is 1.55. The highest BCUT2D eigenvalue weighted by atomic mass is 32.1. The average Bonchev–Trinajstić information content (AvgIpc) is 3.20. The number of rotatable bonds is 8. The van der Waals surface area contributed by atoms with Crippen LogP contribution in [0.25, 0.3) is 0 Å². The van der Waals surface area contributed by atoms with Gasteiger partial charge in [-0.1, -0.05) is 25.9 Å². The molecule has 2 amide bonds. The van der Waals surface area contributed by atoms with Gasteiger partial charge in [0.2, 0.25) is 5.89 Å². The number of carbonyl (C=O) groups is 1. The average molecular weight is 337 g/mol. The van der Waals surface area contributed by atoms with Crippen molar-refractivity contribution in [1.82, 2.24) is 25.8 Å². The summed E-state index contributed by atoms with van der Waals surface area (Å²) in [5, 5.41) is 12.5. The molecule has 23 heavy (non-hydrogen) atoms. The van der Waals surface area contributed by atoms with Gasteiger partial charge in [-0.2, -0.15) is 4.98 Å². The van der Waals surface area contributed by atoms with Crippen molar-refractivity contribution in [2.75, 3.05) is 6.54 Å². The van der Waals surface area contributed by atoms with E-state index in [0.29, 0.717) is 18.9 Å². The molecular weight excluding hydrogens is 314 g/mol. The lowest BCUT2D eigenvalue weighted by Gasteiger charge is -2.14. The highest BCUT2D eigenvalue weighted by Crippen LogP contribution is 2.18. The summed E-state index contributed by atoms with van der Waals surface area (Å²) in [6.07, 6.45) is 3.96. The van der Waals surface area contributed by atoms with E-state index in [1.54, 1.807) is 17.5 Å². The molecule has 8 heteroatoms. The largest absolute Gasteiger partial charge is 0.339 e. The van der Waals surface area contributed by atoms with Gasteiger partial charge in [-0.25, -0.2) is 9.78 Å². The minimum Gasteiger partial charge on any atom is -0.339 e. The van der Waals surface area contributed by atoms with Crippen molar-refractivity contribution in [3.63, 3.8) is 0 Å². The van der Waals surface area contributed by atoms with Crippen LogP contribution < -0.4 is 10.6 Å². The van der Waals surface area contributed by atoms with Gasteiger partial charge in [-0.05, 0) is 12.8 Å². The molecule has 0 aliphatic carbocycles. The molecule has 0 aliphatic rings. The third kappa shape index (κ3) is 5.31. The van der Waals surface area contributed by atoms with Gasteiger partial charge in [0.25, 0.3) is 0 Å². The zero-order valence-electron chi connectivity index (χ0n) is 13.7. The molecule has 0 bridgehead atoms. The molecule has 0 unspecified atom stereocenters. The van der Waals surface area contributed by atoms with Gasteiger partial charge < -0.3 is 15.2 Å². The Morgan fingerprint density at radius 3 is 2.87 bits per heavy atom. The van der Waals surface area contributed by atoms with Crippen LogP contribution in [0.1, 0.15) is 62.3 Å². The van der Waals surface area contributed by atoms with Crippen molar-refractivity contribution in [3.05, 3.63) is 28.3 Å². The Labute approximate surface area is 139 Å². The topological polar surface area (TPSA) is 92.9 Å². The van der Waals surface area contributed by atoms with Gasteiger partial charge in [0.15, 0.2) is 5.82 Å². The van der Waals surface area contributed by atoms with Crippen molar-refractivity contribution in [3.8, 4) is 0 Å². The molecule has 0 aromatic carbocycles. The van der Waals surface area contributed by atoms with Gasteiger partial charge in [0.1, 0.15) is 5.01 Å². The second-order valence-corrected chi connectivity index (χ2v) is 6.46. The van der Waals surface area contributed by atoms with E-state index < -0.39 is 0 Å². The van der Waals surface area contributed by atoms with E-state index in [4.69, 9.17) is 4.52 Å². The molecule has 126 valence electrons. The maximum absolute atomic E-state index is 11.9. The first-order valence-corrected chi connectivity index (χ1v) is 8.74. The molecule has 2 rings (SSSR count). The molecule has 0 saturated carbocycles. The van der Waals surface area contributed by atoms with E-state index in [-0.39, 0.29) is 18.0 Å². The minimum atomic E-state index is -0.180. The number of nitrogens with zero attached hydrogens (tertiary/aromatic N) is 3. The van der Waals surface area contributed by atoms with Crippen molar-refractivity contribution in [2.24, 2.45) is 0 Å². The van der Waals surface area contributed by atoms with Gasteiger partial charge in [0.05, 0.1) is 6.04 Å². The Bertz CT molecular complexity index is 597. The zero-order valence-corrected chi connectivity index (χ0v) is 14.5. The quantitative estimate of drug-likeness (QED) is 0.722. The molecule has 2 heterocycles. The molecule has 0 aliphatic heterocycles. The lowest BCUT2D eigenvalue weighted by Crippen LogP contribution is -2.38. The first-order chi connectivity index (χ1) is 11.1. The SMILES string of the molecule is CC[C@@H](NC(=O)NCCCc1nc(C(C)C)no1)c1nccs1. The predicted molar refractivity (Wildman–Crippen MR) is 88.4 cm³/mol. The number of aromatic nitrogens is 3. The summed E-state index contributed by atoms with van der Waals surface area (Å²) in [4.78, 5) is 20.5. The summed E-state index contributed by atoms with van der Waals surface area (Å²) in [6, 6.07) is -0.222. The Morgan fingerprint density at radius 2 is 2.26 bits per heavy atom. The summed E-state index contributed by atoms with van der Waals surface area (Å²) in [7, 11) is 0.